The molecule has 1 aromatic carbocycles. The normalized spacial score (nSPS) is 21.3. The number of nitrogens with one attached hydrogen (secondary N) is 3. The predicted octanol–water partition coefficient (Wildman–Crippen LogP) is 4.16. The van der Waals surface area contributed by atoms with Gasteiger partial charge in [-0.2, -0.15) is 4.98 Å². The second-order valence-corrected chi connectivity index (χ2v) is 9.99. The molecule has 3 aromatic heterocycles. The lowest BCUT2D eigenvalue weighted by atomic mass is 9.96. The number of oxazole rings is 1. The number of aromatic amines is 1. The molecule has 10 nitrogen and oxygen atoms in total. The highest BCUT2D eigenvalue weighted by Crippen LogP contribution is 2.39. The van der Waals surface area contributed by atoms with Gasteiger partial charge in [0, 0.05) is 35.6 Å². The number of anilines is 5. The average molecular weight is 487 g/mol. The van der Waals surface area contributed by atoms with Gasteiger partial charge in [-0.3, -0.25) is 4.98 Å². The topological polar surface area (TPSA) is 115 Å². The average Bonchev–Trinajstić information content (AvgIpc) is 3.35. The lowest BCUT2D eigenvalue weighted by molar-refractivity contribution is 0.221. The first-order chi connectivity index (χ1) is 17.4. The number of piperidine rings is 1. The summed E-state index contributed by atoms with van der Waals surface area (Å²) in [6.07, 6.45) is 8.50. The summed E-state index contributed by atoms with van der Waals surface area (Å²) >= 11 is 0. The van der Waals surface area contributed by atoms with E-state index >= 15 is 0 Å². The molecule has 4 aromatic rings. The van der Waals surface area contributed by atoms with E-state index < -0.39 is 5.76 Å². The van der Waals surface area contributed by atoms with Crippen LogP contribution in [0.3, 0.4) is 0 Å². The van der Waals surface area contributed by atoms with Gasteiger partial charge in [-0.25, -0.2) is 14.8 Å². The summed E-state index contributed by atoms with van der Waals surface area (Å²) in [5.41, 5.74) is 3.65. The Morgan fingerprint density at radius 3 is 2.53 bits per heavy atom. The van der Waals surface area contributed by atoms with Crippen molar-refractivity contribution >= 4 is 40.1 Å². The molecule has 0 aliphatic carbocycles. The molecule has 0 amide bonds. The summed E-state index contributed by atoms with van der Waals surface area (Å²) < 4.78 is 5.07. The van der Waals surface area contributed by atoms with Gasteiger partial charge in [0.05, 0.1) is 17.4 Å². The summed E-state index contributed by atoms with van der Waals surface area (Å²) in [5.74, 6) is 1.72. The van der Waals surface area contributed by atoms with Crippen LogP contribution in [0.2, 0.25) is 0 Å². The first-order valence-corrected chi connectivity index (χ1v) is 12.3. The summed E-state index contributed by atoms with van der Waals surface area (Å²) in [4.78, 5) is 32.9. The van der Waals surface area contributed by atoms with Crippen molar-refractivity contribution in [2.45, 2.75) is 50.7 Å². The van der Waals surface area contributed by atoms with E-state index in [0.29, 0.717) is 41.0 Å². The Morgan fingerprint density at radius 2 is 1.81 bits per heavy atom. The van der Waals surface area contributed by atoms with Gasteiger partial charge in [0.2, 0.25) is 5.95 Å². The minimum atomic E-state index is -0.475. The molecule has 0 spiro atoms. The standard InChI is InChI=1S/C26H30N8O2/c1-15-13-28-25(32-24(15)29-16-4-8-22-21(10-16)31-26(35)36-22)30-17-5-9-23(27-14-17)34-18-6-7-19(34)12-20(11-18)33(2)3/h4-5,8-10,13-14,18-20H,6-7,11-12H2,1-3H3,(H,31,35)(H2,28,29,30,32). The van der Waals surface area contributed by atoms with Gasteiger partial charge in [-0.15, -0.1) is 0 Å². The molecule has 36 heavy (non-hydrogen) atoms. The Kier molecular flexibility index (Phi) is 5.60. The minimum Gasteiger partial charge on any atom is -0.408 e. The summed E-state index contributed by atoms with van der Waals surface area (Å²) in [7, 11) is 4.37. The number of aryl methyl sites for hydroxylation is 1. The van der Waals surface area contributed by atoms with E-state index in [0.717, 1.165) is 22.8 Å². The molecule has 2 fully saturated rings. The number of H-pyrrole nitrogens is 1. The smallest absolute Gasteiger partial charge is 0.408 e. The maximum Gasteiger partial charge on any atom is 0.417 e. The van der Waals surface area contributed by atoms with Crippen LogP contribution in [0.15, 0.2) is 51.9 Å². The highest BCUT2D eigenvalue weighted by molar-refractivity contribution is 5.78. The summed E-state index contributed by atoms with van der Waals surface area (Å²) in [6, 6.07) is 11.3. The van der Waals surface area contributed by atoms with Gasteiger partial charge in [-0.1, -0.05) is 0 Å². The van der Waals surface area contributed by atoms with E-state index in [1.807, 2.05) is 31.3 Å². The van der Waals surface area contributed by atoms with Crippen molar-refractivity contribution in [3.05, 3.63) is 58.8 Å². The lowest BCUT2D eigenvalue weighted by Crippen LogP contribution is -2.49. The van der Waals surface area contributed by atoms with Crippen molar-refractivity contribution in [2.75, 3.05) is 29.6 Å². The Bertz CT molecular complexity index is 1430. The first-order valence-electron chi connectivity index (χ1n) is 12.3. The van der Waals surface area contributed by atoms with Crippen LogP contribution in [0.1, 0.15) is 31.2 Å². The van der Waals surface area contributed by atoms with Gasteiger partial charge in [0.25, 0.3) is 0 Å². The Balaban J connectivity index is 1.16. The van der Waals surface area contributed by atoms with Crippen molar-refractivity contribution in [2.24, 2.45) is 0 Å². The minimum absolute atomic E-state index is 0.474. The number of aromatic nitrogens is 4. The molecule has 10 heteroatoms. The van der Waals surface area contributed by atoms with Crippen LogP contribution >= 0.6 is 0 Å². The zero-order chi connectivity index (χ0) is 24.8. The molecule has 2 saturated heterocycles. The second kappa shape index (κ2) is 8.94. The fraction of sp³-hybridized carbons (Fsp3) is 0.385. The molecular weight excluding hydrogens is 456 g/mol. The van der Waals surface area contributed by atoms with E-state index in [1.54, 1.807) is 12.3 Å². The molecule has 2 aliphatic heterocycles. The number of pyridine rings is 1. The van der Waals surface area contributed by atoms with Gasteiger partial charge in [0.15, 0.2) is 5.58 Å². The Labute approximate surface area is 208 Å². The maximum atomic E-state index is 11.4. The molecule has 186 valence electrons. The Hall–Kier alpha value is -3.92. The van der Waals surface area contributed by atoms with Crippen LogP contribution < -0.4 is 21.3 Å². The zero-order valence-corrected chi connectivity index (χ0v) is 20.7. The molecular formula is C26H30N8O2. The quantitative estimate of drug-likeness (QED) is 0.369. The largest absolute Gasteiger partial charge is 0.417 e. The van der Waals surface area contributed by atoms with E-state index in [2.05, 4.69) is 55.5 Å². The Morgan fingerprint density at radius 1 is 1.03 bits per heavy atom. The van der Waals surface area contributed by atoms with Gasteiger partial charge < -0.3 is 24.9 Å². The van der Waals surface area contributed by atoms with E-state index in [4.69, 9.17) is 9.40 Å². The van der Waals surface area contributed by atoms with E-state index in [9.17, 15) is 4.79 Å². The highest BCUT2D eigenvalue weighted by atomic mass is 16.4. The highest BCUT2D eigenvalue weighted by Gasteiger charge is 2.41. The van der Waals surface area contributed by atoms with Gasteiger partial charge in [-0.05, 0) is 77.0 Å². The number of benzene rings is 1. The van der Waals surface area contributed by atoms with Crippen LogP contribution in [-0.4, -0.2) is 57.1 Å². The van der Waals surface area contributed by atoms with Crippen molar-refractivity contribution < 1.29 is 4.42 Å². The van der Waals surface area contributed by atoms with Crippen molar-refractivity contribution in [1.82, 2.24) is 24.8 Å². The van der Waals surface area contributed by atoms with Crippen molar-refractivity contribution in [3.63, 3.8) is 0 Å². The number of hydrogen-bond donors (Lipinski definition) is 3. The van der Waals surface area contributed by atoms with Gasteiger partial charge >= 0.3 is 5.76 Å². The van der Waals surface area contributed by atoms with Crippen molar-refractivity contribution in [1.29, 1.82) is 0 Å². The molecule has 2 bridgehead atoms. The third-order valence-corrected chi connectivity index (χ3v) is 7.36. The molecule has 3 N–H and O–H groups in total. The molecule has 2 atom stereocenters. The third kappa shape index (κ3) is 4.28. The molecule has 2 unspecified atom stereocenters. The third-order valence-electron chi connectivity index (χ3n) is 7.36. The number of fused-ring (bicyclic) bond motifs is 3. The maximum absolute atomic E-state index is 11.4. The molecule has 0 radical (unpaired) electrons. The molecule has 2 aliphatic rings. The fourth-order valence-electron chi connectivity index (χ4n) is 5.48. The van der Waals surface area contributed by atoms with Crippen LogP contribution in [0.5, 0.6) is 0 Å². The SMILES string of the molecule is Cc1cnc(Nc2ccc(N3C4CCC3CC(N(C)C)C4)nc2)nc1Nc1ccc2oc(=O)[nH]c2c1. The fourth-order valence-corrected chi connectivity index (χ4v) is 5.48. The lowest BCUT2D eigenvalue weighted by Gasteiger charge is -2.42. The number of rotatable bonds is 6. The van der Waals surface area contributed by atoms with E-state index in [-0.39, 0.29) is 0 Å². The summed E-state index contributed by atoms with van der Waals surface area (Å²) in [6.45, 7) is 1.94. The van der Waals surface area contributed by atoms with Gasteiger partial charge in [0.1, 0.15) is 11.6 Å². The second-order valence-electron chi connectivity index (χ2n) is 9.99. The van der Waals surface area contributed by atoms with Crippen molar-refractivity contribution in [3.8, 4) is 0 Å². The molecule has 6 rings (SSSR count). The van der Waals surface area contributed by atoms with Crippen LogP contribution in [0.25, 0.3) is 11.1 Å². The predicted molar refractivity (Wildman–Crippen MR) is 140 cm³/mol. The van der Waals surface area contributed by atoms with E-state index in [1.165, 1.54) is 25.7 Å². The molecule has 0 saturated carbocycles. The zero-order valence-electron chi connectivity index (χ0n) is 20.7. The number of hydrogen-bond acceptors (Lipinski definition) is 9. The van der Waals surface area contributed by atoms with Crippen LogP contribution in [-0.2, 0) is 0 Å². The first kappa shape index (κ1) is 22.5. The summed E-state index contributed by atoms with van der Waals surface area (Å²) in [5, 5.41) is 6.57. The monoisotopic (exact) mass is 486 g/mol. The number of nitrogens with zero attached hydrogens (tertiary/aromatic N) is 5. The molecule has 5 heterocycles. The van der Waals surface area contributed by atoms with Crippen LogP contribution in [0, 0.1) is 6.92 Å². The van der Waals surface area contributed by atoms with Crippen LogP contribution in [0.4, 0.5) is 29.0 Å².